The van der Waals surface area contributed by atoms with Crippen LogP contribution >= 0.6 is 0 Å². The SMILES string of the molecule is CCNC(Cc1cc(C)ccc1C)c1cccc(C)c1F. The maximum absolute atomic E-state index is 14.4. The van der Waals surface area contributed by atoms with Crippen molar-refractivity contribution in [3.63, 3.8) is 0 Å². The fourth-order valence-corrected chi connectivity index (χ4v) is 2.72. The van der Waals surface area contributed by atoms with Gasteiger partial charge in [0, 0.05) is 11.6 Å². The van der Waals surface area contributed by atoms with Crippen LogP contribution in [0, 0.1) is 26.6 Å². The minimum Gasteiger partial charge on any atom is -0.310 e. The van der Waals surface area contributed by atoms with Crippen LogP contribution in [-0.2, 0) is 6.42 Å². The third-order valence-corrected chi connectivity index (χ3v) is 3.98. The van der Waals surface area contributed by atoms with Gasteiger partial charge >= 0.3 is 0 Å². The molecule has 0 fully saturated rings. The molecule has 2 aromatic rings. The first-order chi connectivity index (χ1) is 10.0. The highest BCUT2D eigenvalue weighted by Gasteiger charge is 2.17. The summed E-state index contributed by atoms with van der Waals surface area (Å²) in [6, 6.07) is 12.1. The largest absolute Gasteiger partial charge is 0.310 e. The van der Waals surface area contributed by atoms with E-state index in [1.165, 1.54) is 16.7 Å². The molecule has 0 saturated heterocycles. The second-order valence-corrected chi connectivity index (χ2v) is 5.72. The summed E-state index contributed by atoms with van der Waals surface area (Å²) in [7, 11) is 0. The summed E-state index contributed by atoms with van der Waals surface area (Å²) >= 11 is 0. The van der Waals surface area contributed by atoms with E-state index in [-0.39, 0.29) is 11.9 Å². The molecule has 112 valence electrons. The van der Waals surface area contributed by atoms with Crippen LogP contribution in [0.4, 0.5) is 4.39 Å². The normalized spacial score (nSPS) is 12.4. The van der Waals surface area contributed by atoms with Gasteiger partial charge in [-0.2, -0.15) is 0 Å². The smallest absolute Gasteiger partial charge is 0.130 e. The molecule has 0 saturated carbocycles. The highest BCUT2D eigenvalue weighted by atomic mass is 19.1. The Morgan fingerprint density at radius 2 is 1.81 bits per heavy atom. The van der Waals surface area contributed by atoms with E-state index in [9.17, 15) is 4.39 Å². The molecule has 0 aliphatic heterocycles. The molecule has 1 N–H and O–H groups in total. The molecule has 0 spiro atoms. The summed E-state index contributed by atoms with van der Waals surface area (Å²) in [6.07, 6.45) is 0.807. The lowest BCUT2D eigenvalue weighted by atomic mass is 9.93. The zero-order valence-corrected chi connectivity index (χ0v) is 13.3. The van der Waals surface area contributed by atoms with Gasteiger partial charge in [0.2, 0.25) is 0 Å². The summed E-state index contributed by atoms with van der Waals surface area (Å²) < 4.78 is 14.4. The Labute approximate surface area is 127 Å². The Kier molecular flexibility index (Phi) is 5.13. The Morgan fingerprint density at radius 1 is 1.05 bits per heavy atom. The lowest BCUT2D eigenvalue weighted by Gasteiger charge is -2.21. The number of nitrogens with one attached hydrogen (secondary N) is 1. The number of benzene rings is 2. The molecule has 0 aromatic heterocycles. The van der Waals surface area contributed by atoms with Gasteiger partial charge in [-0.25, -0.2) is 4.39 Å². The molecular weight excluding hydrogens is 261 g/mol. The Balaban J connectivity index is 2.35. The lowest BCUT2D eigenvalue weighted by molar-refractivity contribution is 0.506. The topological polar surface area (TPSA) is 12.0 Å². The number of hydrogen-bond acceptors (Lipinski definition) is 1. The van der Waals surface area contributed by atoms with E-state index in [1.54, 1.807) is 0 Å². The summed E-state index contributed by atoms with van der Waals surface area (Å²) in [5.41, 5.74) is 5.25. The predicted molar refractivity (Wildman–Crippen MR) is 87.2 cm³/mol. The zero-order valence-electron chi connectivity index (χ0n) is 13.3. The van der Waals surface area contributed by atoms with Crippen LogP contribution in [0.15, 0.2) is 36.4 Å². The molecule has 1 unspecified atom stereocenters. The van der Waals surface area contributed by atoms with E-state index >= 15 is 0 Å². The van der Waals surface area contributed by atoms with Gasteiger partial charge in [-0.15, -0.1) is 0 Å². The molecule has 21 heavy (non-hydrogen) atoms. The highest BCUT2D eigenvalue weighted by molar-refractivity contribution is 5.34. The van der Waals surface area contributed by atoms with Crippen molar-refractivity contribution < 1.29 is 4.39 Å². The summed E-state index contributed by atoms with van der Waals surface area (Å²) in [6.45, 7) is 8.91. The van der Waals surface area contributed by atoms with Crippen molar-refractivity contribution in [1.82, 2.24) is 5.32 Å². The zero-order chi connectivity index (χ0) is 15.4. The van der Waals surface area contributed by atoms with Gasteiger partial charge in [0.05, 0.1) is 0 Å². The Morgan fingerprint density at radius 3 is 2.52 bits per heavy atom. The fraction of sp³-hybridized carbons (Fsp3) is 0.368. The third kappa shape index (κ3) is 3.70. The van der Waals surface area contributed by atoms with E-state index in [4.69, 9.17) is 0 Å². The van der Waals surface area contributed by atoms with Crippen molar-refractivity contribution >= 4 is 0 Å². The molecule has 2 rings (SSSR count). The molecule has 0 bridgehead atoms. The molecule has 2 aromatic carbocycles. The van der Waals surface area contributed by atoms with E-state index < -0.39 is 0 Å². The van der Waals surface area contributed by atoms with E-state index in [0.29, 0.717) is 5.56 Å². The van der Waals surface area contributed by atoms with E-state index in [1.807, 2.05) is 25.1 Å². The van der Waals surface area contributed by atoms with Gasteiger partial charge in [-0.05, 0) is 50.4 Å². The first-order valence-electron chi connectivity index (χ1n) is 7.57. The second kappa shape index (κ2) is 6.86. The van der Waals surface area contributed by atoms with Crippen LogP contribution < -0.4 is 5.32 Å². The monoisotopic (exact) mass is 285 g/mol. The van der Waals surface area contributed by atoms with Crippen LogP contribution in [-0.4, -0.2) is 6.54 Å². The number of hydrogen-bond donors (Lipinski definition) is 1. The van der Waals surface area contributed by atoms with Crippen LogP contribution in [0.25, 0.3) is 0 Å². The molecule has 1 atom stereocenters. The van der Waals surface area contributed by atoms with Gasteiger partial charge in [0.25, 0.3) is 0 Å². The third-order valence-electron chi connectivity index (χ3n) is 3.98. The average molecular weight is 285 g/mol. The van der Waals surface area contributed by atoms with Crippen LogP contribution in [0.3, 0.4) is 0 Å². The van der Waals surface area contributed by atoms with Crippen LogP contribution in [0.1, 0.15) is 40.8 Å². The van der Waals surface area contributed by atoms with Crippen LogP contribution in [0.2, 0.25) is 0 Å². The van der Waals surface area contributed by atoms with Crippen LogP contribution in [0.5, 0.6) is 0 Å². The molecular formula is C19H24FN. The van der Waals surface area contributed by atoms with Gasteiger partial charge in [-0.3, -0.25) is 0 Å². The molecule has 0 amide bonds. The van der Waals surface area contributed by atoms with Gasteiger partial charge in [-0.1, -0.05) is 48.9 Å². The number of halogens is 1. The quantitative estimate of drug-likeness (QED) is 0.843. The van der Waals surface area contributed by atoms with Gasteiger partial charge in [0.15, 0.2) is 0 Å². The number of likely N-dealkylation sites (N-methyl/N-ethyl adjacent to an activating group) is 1. The summed E-state index contributed by atoms with van der Waals surface area (Å²) in [5, 5.41) is 3.42. The van der Waals surface area contributed by atoms with E-state index in [2.05, 4.69) is 44.3 Å². The minimum absolute atomic E-state index is 0.00963. The predicted octanol–water partition coefficient (Wildman–Crippen LogP) is 4.64. The van der Waals surface area contributed by atoms with Crippen molar-refractivity contribution in [2.75, 3.05) is 6.54 Å². The Bertz CT molecular complexity index is 619. The molecule has 0 aliphatic rings. The highest BCUT2D eigenvalue weighted by Crippen LogP contribution is 2.25. The standard InChI is InChI=1S/C19H24FN/c1-5-21-18(17-8-6-7-15(4)19(17)20)12-16-11-13(2)9-10-14(16)3/h6-11,18,21H,5,12H2,1-4H3. The molecule has 2 heteroatoms. The minimum atomic E-state index is -0.0891. The first kappa shape index (κ1) is 15.7. The molecule has 1 nitrogen and oxygen atoms in total. The molecule has 0 heterocycles. The summed E-state index contributed by atoms with van der Waals surface area (Å²) in [5.74, 6) is -0.0891. The average Bonchev–Trinajstić information content (AvgIpc) is 2.45. The Hall–Kier alpha value is -1.67. The van der Waals surface area contributed by atoms with E-state index in [0.717, 1.165) is 18.5 Å². The van der Waals surface area contributed by atoms with Crippen molar-refractivity contribution in [3.05, 3.63) is 70.0 Å². The van der Waals surface area contributed by atoms with Crippen molar-refractivity contribution in [1.29, 1.82) is 0 Å². The van der Waals surface area contributed by atoms with Gasteiger partial charge < -0.3 is 5.32 Å². The number of aryl methyl sites for hydroxylation is 3. The van der Waals surface area contributed by atoms with Crippen molar-refractivity contribution in [2.24, 2.45) is 0 Å². The second-order valence-electron chi connectivity index (χ2n) is 5.72. The lowest BCUT2D eigenvalue weighted by Crippen LogP contribution is -2.24. The molecule has 0 aliphatic carbocycles. The van der Waals surface area contributed by atoms with Gasteiger partial charge in [0.1, 0.15) is 5.82 Å². The maximum Gasteiger partial charge on any atom is 0.130 e. The van der Waals surface area contributed by atoms with Crippen molar-refractivity contribution in [3.8, 4) is 0 Å². The van der Waals surface area contributed by atoms with Crippen molar-refractivity contribution in [2.45, 2.75) is 40.2 Å². The summed E-state index contributed by atoms with van der Waals surface area (Å²) in [4.78, 5) is 0. The molecule has 0 radical (unpaired) electrons. The maximum atomic E-state index is 14.4. The fourth-order valence-electron chi connectivity index (χ4n) is 2.72. The first-order valence-corrected chi connectivity index (χ1v) is 7.57. The number of rotatable bonds is 5.